The summed E-state index contributed by atoms with van der Waals surface area (Å²) in [6.45, 7) is 6.30. The molecular formula is C13H19ClN2O4S. The fraction of sp³-hybridized carbons (Fsp3) is 0.462. The van der Waals surface area contributed by atoms with E-state index < -0.39 is 21.5 Å². The first-order chi connectivity index (χ1) is 9.57. The average Bonchev–Trinajstić information content (AvgIpc) is 2.35. The zero-order valence-corrected chi connectivity index (χ0v) is 13.7. The van der Waals surface area contributed by atoms with E-state index in [0.29, 0.717) is 6.61 Å². The summed E-state index contributed by atoms with van der Waals surface area (Å²) in [5, 5.41) is 7.84. The van der Waals surface area contributed by atoms with Gasteiger partial charge in [0.15, 0.2) is 0 Å². The molecule has 118 valence electrons. The van der Waals surface area contributed by atoms with E-state index in [0.717, 1.165) is 6.07 Å². The van der Waals surface area contributed by atoms with E-state index in [1.165, 1.54) is 12.1 Å². The van der Waals surface area contributed by atoms with Crippen LogP contribution in [0.3, 0.4) is 0 Å². The molecule has 0 spiro atoms. The van der Waals surface area contributed by atoms with Crippen molar-refractivity contribution in [2.75, 3.05) is 13.2 Å². The summed E-state index contributed by atoms with van der Waals surface area (Å²) < 4.78 is 28.1. The molecule has 0 fully saturated rings. The van der Waals surface area contributed by atoms with E-state index in [2.05, 4.69) is 5.32 Å². The van der Waals surface area contributed by atoms with Crippen molar-refractivity contribution in [1.82, 2.24) is 5.32 Å². The Kier molecular flexibility index (Phi) is 5.75. The number of nitrogens with one attached hydrogen (secondary N) is 1. The summed E-state index contributed by atoms with van der Waals surface area (Å²) in [7, 11) is -3.89. The van der Waals surface area contributed by atoms with Crippen molar-refractivity contribution in [2.24, 2.45) is 5.14 Å². The van der Waals surface area contributed by atoms with Crippen LogP contribution in [0.5, 0.6) is 0 Å². The third kappa shape index (κ3) is 5.28. The number of amides is 1. The van der Waals surface area contributed by atoms with E-state index in [4.69, 9.17) is 21.5 Å². The van der Waals surface area contributed by atoms with Gasteiger partial charge in [0.2, 0.25) is 10.0 Å². The summed E-state index contributed by atoms with van der Waals surface area (Å²) in [5.74, 6) is -0.488. The Bertz CT molecular complexity index is 629. The highest BCUT2D eigenvalue weighted by Crippen LogP contribution is 2.20. The molecule has 3 N–H and O–H groups in total. The van der Waals surface area contributed by atoms with Crippen molar-refractivity contribution in [3.8, 4) is 0 Å². The molecule has 21 heavy (non-hydrogen) atoms. The number of ether oxygens (including phenoxy) is 1. The third-order valence-corrected chi connectivity index (χ3v) is 3.96. The first-order valence-electron chi connectivity index (χ1n) is 6.31. The molecule has 0 saturated carbocycles. The minimum absolute atomic E-state index is 0.0514. The lowest BCUT2D eigenvalue weighted by atomic mass is 10.1. The third-order valence-electron chi connectivity index (χ3n) is 2.72. The largest absolute Gasteiger partial charge is 0.374 e. The number of hydrogen-bond acceptors (Lipinski definition) is 4. The number of hydrogen-bond donors (Lipinski definition) is 2. The highest BCUT2D eigenvalue weighted by Gasteiger charge is 2.21. The van der Waals surface area contributed by atoms with Crippen LogP contribution in [0.2, 0.25) is 5.02 Å². The van der Waals surface area contributed by atoms with Gasteiger partial charge in [0.05, 0.1) is 21.1 Å². The number of rotatable bonds is 6. The lowest BCUT2D eigenvalue weighted by Crippen LogP contribution is -2.40. The molecule has 0 saturated heterocycles. The molecule has 6 nitrogen and oxygen atoms in total. The van der Waals surface area contributed by atoms with Crippen molar-refractivity contribution >= 4 is 27.5 Å². The highest BCUT2D eigenvalue weighted by atomic mass is 35.5. The average molecular weight is 335 g/mol. The predicted molar refractivity (Wildman–Crippen MR) is 80.9 cm³/mol. The van der Waals surface area contributed by atoms with Crippen molar-refractivity contribution in [1.29, 1.82) is 0 Å². The van der Waals surface area contributed by atoms with Crippen LogP contribution in [-0.4, -0.2) is 33.1 Å². The molecular weight excluding hydrogens is 316 g/mol. The second-order valence-electron chi connectivity index (χ2n) is 5.06. The van der Waals surface area contributed by atoms with E-state index in [1.807, 2.05) is 20.8 Å². The van der Waals surface area contributed by atoms with Gasteiger partial charge in [-0.3, -0.25) is 4.79 Å². The second kappa shape index (κ2) is 6.74. The van der Waals surface area contributed by atoms with Crippen LogP contribution < -0.4 is 10.5 Å². The fourth-order valence-corrected chi connectivity index (χ4v) is 2.43. The van der Waals surface area contributed by atoms with Gasteiger partial charge in [0, 0.05) is 13.2 Å². The molecule has 1 amide bonds. The Morgan fingerprint density at radius 1 is 1.43 bits per heavy atom. The molecule has 0 aliphatic carbocycles. The van der Waals surface area contributed by atoms with Gasteiger partial charge in [0.1, 0.15) is 0 Å². The molecule has 1 aromatic rings. The maximum atomic E-state index is 12.1. The zero-order valence-electron chi connectivity index (χ0n) is 12.1. The topological polar surface area (TPSA) is 98.5 Å². The highest BCUT2D eigenvalue weighted by molar-refractivity contribution is 7.89. The number of benzene rings is 1. The van der Waals surface area contributed by atoms with Crippen LogP contribution >= 0.6 is 11.6 Å². The number of carbonyl (C=O) groups is 1. The Labute approximate surface area is 129 Å². The fourth-order valence-electron chi connectivity index (χ4n) is 1.69. The molecule has 8 heteroatoms. The monoisotopic (exact) mass is 334 g/mol. The number of carbonyl (C=O) groups excluding carboxylic acids is 1. The van der Waals surface area contributed by atoms with Gasteiger partial charge < -0.3 is 10.1 Å². The van der Waals surface area contributed by atoms with Gasteiger partial charge in [0.25, 0.3) is 5.91 Å². The molecule has 0 aliphatic rings. The molecule has 0 aromatic heterocycles. The van der Waals surface area contributed by atoms with E-state index in [9.17, 15) is 13.2 Å². The van der Waals surface area contributed by atoms with Crippen LogP contribution in [0.4, 0.5) is 0 Å². The molecule has 0 unspecified atom stereocenters. The van der Waals surface area contributed by atoms with E-state index in [-0.39, 0.29) is 22.0 Å². The lowest BCUT2D eigenvalue weighted by molar-refractivity contribution is -0.00815. The predicted octanol–water partition coefficient (Wildman–Crippen LogP) is 1.53. The van der Waals surface area contributed by atoms with Crippen molar-refractivity contribution in [2.45, 2.75) is 31.3 Å². The summed E-state index contributed by atoms with van der Waals surface area (Å²) in [6, 6.07) is 3.73. The summed E-state index contributed by atoms with van der Waals surface area (Å²) in [4.78, 5) is 11.9. The van der Waals surface area contributed by atoms with Crippen molar-refractivity contribution in [3.05, 3.63) is 28.8 Å². The Morgan fingerprint density at radius 3 is 2.57 bits per heavy atom. The van der Waals surface area contributed by atoms with E-state index in [1.54, 1.807) is 0 Å². The van der Waals surface area contributed by atoms with Crippen molar-refractivity contribution in [3.63, 3.8) is 0 Å². The van der Waals surface area contributed by atoms with Crippen LogP contribution in [0.1, 0.15) is 31.1 Å². The Balaban J connectivity index is 2.93. The van der Waals surface area contributed by atoms with Gasteiger partial charge in [-0.1, -0.05) is 11.6 Å². The van der Waals surface area contributed by atoms with Gasteiger partial charge >= 0.3 is 0 Å². The molecule has 0 radical (unpaired) electrons. The molecule has 0 atom stereocenters. The van der Waals surface area contributed by atoms with Crippen LogP contribution in [0.15, 0.2) is 23.1 Å². The number of halogens is 1. The van der Waals surface area contributed by atoms with Crippen LogP contribution in [0.25, 0.3) is 0 Å². The minimum Gasteiger partial charge on any atom is -0.374 e. The Morgan fingerprint density at radius 2 is 2.05 bits per heavy atom. The summed E-state index contributed by atoms with van der Waals surface area (Å²) in [5.41, 5.74) is -0.482. The summed E-state index contributed by atoms with van der Waals surface area (Å²) in [6.07, 6.45) is 0. The van der Waals surface area contributed by atoms with Crippen molar-refractivity contribution < 1.29 is 17.9 Å². The first kappa shape index (κ1) is 17.9. The smallest absolute Gasteiger partial charge is 0.252 e. The lowest BCUT2D eigenvalue weighted by Gasteiger charge is -2.25. The quantitative estimate of drug-likeness (QED) is 0.824. The first-order valence-corrected chi connectivity index (χ1v) is 8.24. The maximum absolute atomic E-state index is 12.1. The summed E-state index contributed by atoms with van der Waals surface area (Å²) >= 11 is 5.92. The zero-order chi connectivity index (χ0) is 16.3. The SMILES string of the molecule is CCOC(C)(C)CNC(=O)c1cc(S(N)(=O)=O)ccc1Cl. The molecule has 1 aromatic carbocycles. The molecule has 0 bridgehead atoms. The molecule has 1 rings (SSSR count). The molecule has 0 heterocycles. The number of nitrogens with two attached hydrogens (primary N) is 1. The Hall–Kier alpha value is -1.15. The number of sulfonamides is 1. The van der Waals surface area contributed by atoms with E-state index >= 15 is 0 Å². The van der Waals surface area contributed by atoms with Gasteiger partial charge in [-0.15, -0.1) is 0 Å². The normalized spacial score (nSPS) is 12.2. The second-order valence-corrected chi connectivity index (χ2v) is 7.03. The minimum atomic E-state index is -3.89. The maximum Gasteiger partial charge on any atom is 0.252 e. The number of primary sulfonamides is 1. The van der Waals surface area contributed by atoms with Crippen LogP contribution in [0, 0.1) is 0 Å². The standard InChI is InChI=1S/C13H19ClN2O4S/c1-4-20-13(2,3)8-16-12(17)10-7-9(21(15,18)19)5-6-11(10)14/h5-7H,4,8H2,1-3H3,(H,16,17)(H2,15,18,19). The van der Waals surface area contributed by atoms with Gasteiger partial charge in [-0.2, -0.15) is 0 Å². The molecule has 0 aliphatic heterocycles. The van der Waals surface area contributed by atoms with Gasteiger partial charge in [-0.25, -0.2) is 13.6 Å². The van der Waals surface area contributed by atoms with Crippen LogP contribution in [-0.2, 0) is 14.8 Å². The van der Waals surface area contributed by atoms with Gasteiger partial charge in [-0.05, 0) is 39.0 Å².